The first kappa shape index (κ1) is 56.6. The summed E-state index contributed by atoms with van der Waals surface area (Å²) in [5.41, 5.74) is 12.9. The molecule has 1 aliphatic carbocycles. The van der Waals surface area contributed by atoms with Crippen molar-refractivity contribution in [2.45, 2.75) is 163 Å². The maximum Gasteiger partial charge on any atom is 0.306 e. The predicted molar refractivity (Wildman–Crippen MR) is 285 cm³/mol. The Morgan fingerprint density at radius 1 is 0.847 bits per heavy atom. The Hall–Kier alpha value is -4.72. The quantitative estimate of drug-likeness (QED) is 0.0317. The summed E-state index contributed by atoms with van der Waals surface area (Å²) < 4.78 is 35.1. The number of carbonyl (C=O) groups excluding carboxylic acids is 2. The molecule has 0 aromatic carbocycles. The molecule has 6 rings (SSSR count). The van der Waals surface area contributed by atoms with E-state index in [1.807, 2.05) is 53.2 Å². The van der Waals surface area contributed by atoms with Gasteiger partial charge in [0.1, 0.15) is 25.5 Å². The minimum atomic E-state index is -4.79. The topological polar surface area (TPSA) is 181 Å². The van der Waals surface area contributed by atoms with Crippen molar-refractivity contribution in [2.75, 3.05) is 47.5 Å². The van der Waals surface area contributed by atoms with Gasteiger partial charge in [-0.3, -0.25) is 14.2 Å². The Morgan fingerprint density at radius 3 is 2.12 bits per heavy atom. The van der Waals surface area contributed by atoms with Crippen molar-refractivity contribution in [3.8, 4) is 0 Å². The highest BCUT2D eigenvalue weighted by Gasteiger charge is 2.41. The smallest absolute Gasteiger partial charge is 0.306 e. The number of likely N-dealkylation sites (N-methyl/N-ethyl adjacent to an activating group) is 1. The van der Waals surface area contributed by atoms with E-state index in [4.69, 9.17) is 33.5 Å². The van der Waals surface area contributed by atoms with E-state index in [1.54, 1.807) is 0 Å². The van der Waals surface area contributed by atoms with Gasteiger partial charge in [-0.15, -0.1) is 0 Å². The highest BCUT2D eigenvalue weighted by Crippen LogP contribution is 2.47. The standard InChI is InChI=1S/C57H82N5O9P/c1-11-14-15-16-17-18-19-20-21-22-23-24-25-26-53(64)68-35-41(36-70-72(66,67)69-30-29-62(8,9)10)71-54(65)28-27-44-39(6)48-32-46-37(4)42(12-2)50(58-46)33-47-38(5)43(13-3)51(59-47)34-49-40(7)55-52(63)31-45(56(44)60-48)57(55)61-49/h12,32-34,39,41,44H,2,11,13-31,35-36H2,1,3-10H3,(H2-,58,59,60,61,63,66,67)/t39-,41+,44-/m0/s1. The molecule has 0 saturated carbocycles. The third-order valence-electron chi connectivity index (χ3n) is 14.6. The number of allylic oxidation sites excluding steroid dienone is 12. The summed E-state index contributed by atoms with van der Waals surface area (Å²) in [6.45, 7) is 16.0. The van der Waals surface area contributed by atoms with Crippen LogP contribution < -0.4 is 10.2 Å². The van der Waals surface area contributed by atoms with Crippen LogP contribution in [-0.2, 0) is 32.7 Å². The number of rotatable bonds is 29. The molecule has 15 heteroatoms. The molecular weight excluding hydrogens is 930 g/mol. The van der Waals surface area contributed by atoms with Crippen molar-refractivity contribution < 1.29 is 47.2 Å². The van der Waals surface area contributed by atoms with E-state index in [2.05, 4.69) is 45.7 Å². The lowest BCUT2D eigenvalue weighted by Gasteiger charge is -2.28. The highest BCUT2D eigenvalue weighted by molar-refractivity contribution is 7.45. The number of esters is 2. The fraction of sp³-hybridized carbons (Fsp3) is 0.596. The molecule has 5 aliphatic heterocycles. The lowest BCUT2D eigenvalue weighted by Crippen LogP contribution is -2.37. The number of fused-ring (bicyclic) bond motifs is 5. The van der Waals surface area contributed by atoms with Gasteiger partial charge in [-0.2, -0.15) is 0 Å². The van der Waals surface area contributed by atoms with E-state index in [-0.39, 0.29) is 50.1 Å². The SMILES string of the molecule is C=CC1=C(C)C2=NC1=CC1=NC(=CC3=C(C)C4=C(O)CC(=C5NC(=C2)[C@@H](C)[C@@H]5CCC(=O)O[C@H](COC(=O)CCCCCCCCCCCCCCC)COP(=O)([O-])OCC[N+](C)(C)C)C4=N3)C(CC)=C1C. The predicted octanol–water partition coefficient (Wildman–Crippen LogP) is 11.8. The number of hydrogen-bond donors (Lipinski definition) is 2. The van der Waals surface area contributed by atoms with Gasteiger partial charge in [0.05, 0.1) is 62.0 Å². The van der Waals surface area contributed by atoms with Gasteiger partial charge in [-0.05, 0) is 80.6 Å². The highest BCUT2D eigenvalue weighted by atomic mass is 31.2. The van der Waals surface area contributed by atoms with Gasteiger partial charge in [-0.25, -0.2) is 15.0 Å². The molecule has 0 radical (unpaired) electrons. The van der Waals surface area contributed by atoms with E-state index >= 15 is 0 Å². The van der Waals surface area contributed by atoms with Gasteiger partial charge in [0.2, 0.25) is 0 Å². The molecule has 394 valence electrons. The van der Waals surface area contributed by atoms with Crippen LogP contribution in [-0.4, -0.2) is 92.3 Å². The van der Waals surface area contributed by atoms with Crippen LogP contribution in [0.4, 0.5) is 0 Å². The summed E-state index contributed by atoms with van der Waals surface area (Å²) in [4.78, 5) is 55.0. The Bertz CT molecular complexity index is 2490. The fourth-order valence-electron chi connectivity index (χ4n) is 10.2. The Balaban J connectivity index is 1.15. The first-order valence-electron chi connectivity index (χ1n) is 26.7. The fourth-order valence-corrected chi connectivity index (χ4v) is 10.9. The molecule has 1 fully saturated rings. The minimum absolute atomic E-state index is 0.0501. The van der Waals surface area contributed by atoms with E-state index in [0.717, 1.165) is 99.0 Å². The van der Waals surface area contributed by atoms with Crippen LogP contribution >= 0.6 is 7.82 Å². The Morgan fingerprint density at radius 2 is 1.49 bits per heavy atom. The van der Waals surface area contributed by atoms with Gasteiger partial charge >= 0.3 is 11.9 Å². The summed E-state index contributed by atoms with van der Waals surface area (Å²) >= 11 is 0. The summed E-state index contributed by atoms with van der Waals surface area (Å²) in [5.74, 6) is -1.19. The molecular formula is C57H82N5O9P. The number of carbonyl (C=O) groups is 2. The van der Waals surface area contributed by atoms with Crippen molar-refractivity contribution in [1.29, 1.82) is 0 Å². The number of aliphatic hydroxyl groups excluding tert-OH is 1. The number of hydrogen-bond acceptors (Lipinski definition) is 13. The number of phosphoric ester groups is 1. The molecule has 0 aromatic heterocycles. The Labute approximate surface area is 429 Å². The largest absolute Gasteiger partial charge is 0.756 e. The third-order valence-corrected chi connectivity index (χ3v) is 15.6. The number of ether oxygens (including phenoxy) is 2. The zero-order valence-electron chi connectivity index (χ0n) is 44.8. The average molecular weight is 1010 g/mol. The van der Waals surface area contributed by atoms with Gasteiger partial charge in [0.15, 0.2) is 6.10 Å². The zero-order chi connectivity index (χ0) is 52.2. The number of aliphatic hydroxyl groups is 1. The lowest BCUT2D eigenvalue weighted by atomic mass is 9.86. The molecule has 6 aliphatic rings. The van der Waals surface area contributed by atoms with Gasteiger partial charge in [0.25, 0.3) is 7.82 Å². The molecule has 1 saturated heterocycles. The third kappa shape index (κ3) is 15.0. The average Bonchev–Trinajstić information content (AvgIpc) is 4.09. The number of nitrogens with zero attached hydrogens (tertiary/aromatic N) is 4. The van der Waals surface area contributed by atoms with Crippen molar-refractivity contribution in [1.82, 2.24) is 5.32 Å². The van der Waals surface area contributed by atoms with E-state index in [1.165, 1.54) is 57.8 Å². The van der Waals surface area contributed by atoms with Crippen LogP contribution in [0.25, 0.3) is 0 Å². The number of quaternary nitrogens is 1. The lowest BCUT2D eigenvalue weighted by molar-refractivity contribution is -0.870. The van der Waals surface area contributed by atoms with Crippen LogP contribution in [0.5, 0.6) is 0 Å². The molecule has 72 heavy (non-hydrogen) atoms. The van der Waals surface area contributed by atoms with Crippen LogP contribution in [0.2, 0.25) is 0 Å². The van der Waals surface area contributed by atoms with E-state index in [9.17, 15) is 24.2 Å². The second-order valence-corrected chi connectivity index (χ2v) is 22.6. The minimum Gasteiger partial charge on any atom is -0.756 e. The molecule has 14 nitrogen and oxygen atoms in total. The molecule has 1 unspecified atom stereocenters. The van der Waals surface area contributed by atoms with Crippen molar-refractivity contribution in [2.24, 2.45) is 26.8 Å². The molecule has 0 amide bonds. The maximum absolute atomic E-state index is 13.9. The summed E-state index contributed by atoms with van der Waals surface area (Å²) in [6.07, 6.45) is 23.6. The molecule has 5 heterocycles. The molecule has 4 atom stereocenters. The molecule has 0 spiro atoms. The summed E-state index contributed by atoms with van der Waals surface area (Å²) in [6, 6.07) is 0. The van der Waals surface area contributed by atoms with Crippen molar-refractivity contribution in [3.05, 3.63) is 104 Å². The van der Waals surface area contributed by atoms with Crippen molar-refractivity contribution in [3.63, 3.8) is 0 Å². The normalized spacial score (nSPS) is 20.9. The van der Waals surface area contributed by atoms with E-state index < -0.39 is 32.5 Å². The second-order valence-electron chi connectivity index (χ2n) is 21.2. The van der Waals surface area contributed by atoms with Crippen molar-refractivity contribution >= 4 is 36.9 Å². The molecule has 8 bridgehead atoms. The van der Waals surface area contributed by atoms with Gasteiger partial charge in [0, 0.05) is 59.2 Å². The van der Waals surface area contributed by atoms with Crippen LogP contribution in [0, 0.1) is 11.8 Å². The monoisotopic (exact) mass is 1010 g/mol. The first-order chi connectivity index (χ1) is 34.3. The summed E-state index contributed by atoms with van der Waals surface area (Å²) in [7, 11) is 0.956. The van der Waals surface area contributed by atoms with E-state index in [0.29, 0.717) is 35.2 Å². The van der Waals surface area contributed by atoms with Crippen LogP contribution in [0.15, 0.2) is 119 Å². The Kier molecular flexibility index (Phi) is 20.4. The van der Waals surface area contributed by atoms with Crippen LogP contribution in [0.3, 0.4) is 0 Å². The summed E-state index contributed by atoms with van der Waals surface area (Å²) in [5, 5.41) is 15.3. The molecule has 0 aromatic rings. The number of phosphoric acid groups is 1. The second kappa shape index (κ2) is 26.0. The number of nitrogens with one attached hydrogen (secondary N) is 1. The molecule has 2 N–H and O–H groups in total. The first-order valence-corrected chi connectivity index (χ1v) is 28.2. The zero-order valence-corrected chi connectivity index (χ0v) is 45.6. The maximum atomic E-state index is 13.9. The van der Waals surface area contributed by atoms with Gasteiger partial charge < -0.3 is 38.3 Å². The number of unbranched alkanes of at least 4 members (excludes halogenated alkanes) is 12. The number of aliphatic imine (C=N–C) groups is 3. The van der Waals surface area contributed by atoms with Gasteiger partial charge in [-0.1, -0.05) is 110 Å². The van der Waals surface area contributed by atoms with Crippen LogP contribution in [0.1, 0.15) is 157 Å².